The molecule has 1 atom stereocenters. The highest BCUT2D eigenvalue weighted by molar-refractivity contribution is 9.11. The van der Waals surface area contributed by atoms with Crippen LogP contribution in [0.4, 0.5) is 0 Å². The van der Waals surface area contributed by atoms with Gasteiger partial charge in [0.2, 0.25) is 0 Å². The van der Waals surface area contributed by atoms with E-state index in [9.17, 15) is 14.7 Å². The van der Waals surface area contributed by atoms with E-state index in [0.29, 0.717) is 17.8 Å². The SMILES string of the molecule is Cc1cc(C(=O)N2CCc3sccc3C2C(=O)O)sc1Br. The van der Waals surface area contributed by atoms with Crippen LogP contribution in [-0.4, -0.2) is 28.4 Å². The van der Waals surface area contributed by atoms with Crippen molar-refractivity contribution in [3.63, 3.8) is 0 Å². The minimum atomic E-state index is -0.977. The van der Waals surface area contributed by atoms with E-state index in [2.05, 4.69) is 15.9 Å². The summed E-state index contributed by atoms with van der Waals surface area (Å²) < 4.78 is 0.908. The lowest BCUT2D eigenvalue weighted by molar-refractivity contribution is -0.142. The van der Waals surface area contributed by atoms with Gasteiger partial charge in [0.05, 0.1) is 8.66 Å². The Bertz CT molecular complexity index is 702. The molecule has 2 aromatic rings. The summed E-state index contributed by atoms with van der Waals surface area (Å²) in [5.41, 5.74) is 1.74. The van der Waals surface area contributed by atoms with Crippen LogP contribution in [-0.2, 0) is 11.2 Å². The molecule has 1 aliphatic heterocycles. The third kappa shape index (κ3) is 2.54. The molecule has 21 heavy (non-hydrogen) atoms. The van der Waals surface area contributed by atoms with Crippen LogP contribution in [0.25, 0.3) is 0 Å². The number of rotatable bonds is 2. The summed E-state index contributed by atoms with van der Waals surface area (Å²) in [7, 11) is 0. The second-order valence-corrected chi connectivity index (χ2v) is 8.23. The molecule has 3 rings (SSSR count). The van der Waals surface area contributed by atoms with Crippen LogP contribution < -0.4 is 0 Å². The van der Waals surface area contributed by atoms with E-state index >= 15 is 0 Å². The van der Waals surface area contributed by atoms with Gasteiger partial charge in [-0.3, -0.25) is 4.79 Å². The summed E-state index contributed by atoms with van der Waals surface area (Å²) in [5, 5.41) is 11.4. The summed E-state index contributed by atoms with van der Waals surface area (Å²) in [6.07, 6.45) is 0.716. The molecule has 0 bridgehead atoms. The topological polar surface area (TPSA) is 57.6 Å². The Balaban J connectivity index is 1.98. The van der Waals surface area contributed by atoms with Crippen molar-refractivity contribution in [1.82, 2.24) is 4.90 Å². The lowest BCUT2D eigenvalue weighted by atomic mass is 10.00. The Morgan fingerprint density at radius 1 is 1.48 bits per heavy atom. The molecule has 0 radical (unpaired) electrons. The van der Waals surface area contributed by atoms with Crippen LogP contribution in [0, 0.1) is 6.92 Å². The number of thiophene rings is 2. The summed E-state index contributed by atoms with van der Waals surface area (Å²) in [4.78, 5) is 27.4. The Kier molecular flexibility index (Phi) is 3.90. The number of carbonyl (C=O) groups excluding carboxylic acids is 1. The third-order valence-electron chi connectivity index (χ3n) is 3.53. The summed E-state index contributed by atoms with van der Waals surface area (Å²) >= 11 is 6.31. The van der Waals surface area contributed by atoms with E-state index in [0.717, 1.165) is 19.8 Å². The number of nitrogens with zero attached hydrogens (tertiary/aromatic N) is 1. The molecule has 7 heteroatoms. The van der Waals surface area contributed by atoms with E-state index < -0.39 is 12.0 Å². The number of hydrogen-bond donors (Lipinski definition) is 1. The van der Waals surface area contributed by atoms with Crippen LogP contribution in [0.1, 0.15) is 31.7 Å². The van der Waals surface area contributed by atoms with Gasteiger partial charge in [-0.25, -0.2) is 4.79 Å². The van der Waals surface area contributed by atoms with Crippen LogP contribution in [0.5, 0.6) is 0 Å². The highest BCUT2D eigenvalue weighted by Crippen LogP contribution is 2.36. The first-order valence-corrected chi connectivity index (χ1v) is 8.84. The first-order valence-electron chi connectivity index (χ1n) is 6.35. The number of carboxylic acid groups (broad SMARTS) is 1. The Hall–Kier alpha value is -1.18. The molecule has 0 saturated heterocycles. The lowest BCUT2D eigenvalue weighted by Gasteiger charge is -2.32. The van der Waals surface area contributed by atoms with Crippen molar-refractivity contribution >= 4 is 50.5 Å². The monoisotopic (exact) mass is 385 g/mol. The van der Waals surface area contributed by atoms with Gasteiger partial charge in [-0.05, 0) is 57.9 Å². The van der Waals surface area contributed by atoms with Gasteiger partial charge in [-0.15, -0.1) is 22.7 Å². The smallest absolute Gasteiger partial charge is 0.331 e. The summed E-state index contributed by atoms with van der Waals surface area (Å²) in [5.74, 6) is -1.19. The number of hydrogen-bond acceptors (Lipinski definition) is 4. The van der Waals surface area contributed by atoms with Crippen molar-refractivity contribution in [3.8, 4) is 0 Å². The fourth-order valence-corrected chi connectivity index (χ4v) is 4.90. The molecule has 0 fully saturated rings. The molecule has 0 aromatic carbocycles. The Labute approximate surface area is 138 Å². The molecule has 1 N–H and O–H groups in total. The average molecular weight is 386 g/mol. The number of halogens is 1. The van der Waals surface area contributed by atoms with Crippen LogP contribution >= 0.6 is 38.6 Å². The van der Waals surface area contributed by atoms with Crippen molar-refractivity contribution < 1.29 is 14.7 Å². The van der Waals surface area contributed by atoms with Crippen molar-refractivity contribution in [1.29, 1.82) is 0 Å². The quantitative estimate of drug-likeness (QED) is 0.856. The van der Waals surface area contributed by atoms with Gasteiger partial charge in [0, 0.05) is 11.4 Å². The van der Waals surface area contributed by atoms with Gasteiger partial charge < -0.3 is 10.0 Å². The lowest BCUT2D eigenvalue weighted by Crippen LogP contribution is -2.42. The van der Waals surface area contributed by atoms with Gasteiger partial charge in [0.15, 0.2) is 6.04 Å². The highest BCUT2D eigenvalue weighted by Gasteiger charge is 2.37. The molecule has 2 aromatic heterocycles. The number of fused-ring (bicyclic) bond motifs is 1. The Morgan fingerprint density at radius 2 is 2.24 bits per heavy atom. The normalized spacial score (nSPS) is 17.6. The fraction of sp³-hybridized carbons (Fsp3) is 0.286. The maximum Gasteiger partial charge on any atom is 0.331 e. The van der Waals surface area contributed by atoms with E-state index in [1.165, 1.54) is 16.2 Å². The Morgan fingerprint density at radius 3 is 2.86 bits per heavy atom. The van der Waals surface area contributed by atoms with Gasteiger partial charge >= 0.3 is 5.97 Å². The first-order chi connectivity index (χ1) is 9.99. The second kappa shape index (κ2) is 5.55. The molecule has 0 saturated carbocycles. The maximum absolute atomic E-state index is 12.7. The van der Waals surface area contributed by atoms with Gasteiger partial charge in [0.25, 0.3) is 5.91 Å². The van der Waals surface area contributed by atoms with Crippen molar-refractivity contribution in [2.75, 3.05) is 6.54 Å². The molecule has 1 amide bonds. The second-order valence-electron chi connectivity index (χ2n) is 4.86. The predicted octanol–water partition coefficient (Wildman–Crippen LogP) is 3.70. The van der Waals surface area contributed by atoms with E-state index in [1.54, 1.807) is 17.4 Å². The molecule has 4 nitrogen and oxygen atoms in total. The van der Waals surface area contributed by atoms with Crippen molar-refractivity contribution in [2.24, 2.45) is 0 Å². The zero-order valence-corrected chi connectivity index (χ0v) is 14.3. The number of carboxylic acids is 1. The van der Waals surface area contributed by atoms with Crippen LogP contribution in [0.2, 0.25) is 0 Å². The molecule has 3 heterocycles. The molecule has 1 aliphatic rings. The highest BCUT2D eigenvalue weighted by atomic mass is 79.9. The number of aryl methyl sites for hydroxylation is 1. The van der Waals surface area contributed by atoms with Crippen LogP contribution in [0.15, 0.2) is 21.3 Å². The predicted molar refractivity (Wildman–Crippen MR) is 86.2 cm³/mol. The molecule has 0 spiro atoms. The zero-order chi connectivity index (χ0) is 15.1. The molecular formula is C14H12BrNO3S2. The third-order valence-corrected chi connectivity index (χ3v) is 6.65. The summed E-state index contributed by atoms with van der Waals surface area (Å²) in [6, 6.07) is 2.74. The minimum Gasteiger partial charge on any atom is -0.479 e. The standard InChI is InChI=1S/C14H12BrNO3S2/c1-7-6-10(21-12(7)15)13(17)16-4-2-9-8(3-5-20-9)11(16)14(18)19/h3,5-6,11H,2,4H2,1H3,(H,18,19). The number of aliphatic carboxylic acids is 1. The van der Waals surface area contributed by atoms with E-state index in [1.807, 2.05) is 18.4 Å². The van der Waals surface area contributed by atoms with Crippen molar-refractivity contribution in [3.05, 3.63) is 42.2 Å². The summed E-state index contributed by atoms with van der Waals surface area (Å²) in [6.45, 7) is 2.36. The van der Waals surface area contributed by atoms with Gasteiger partial charge in [-0.2, -0.15) is 0 Å². The maximum atomic E-state index is 12.7. The van der Waals surface area contributed by atoms with Gasteiger partial charge in [0.1, 0.15) is 0 Å². The fourth-order valence-electron chi connectivity index (χ4n) is 2.51. The number of carbonyl (C=O) groups is 2. The zero-order valence-electron chi connectivity index (χ0n) is 11.1. The number of amides is 1. The molecule has 110 valence electrons. The minimum absolute atomic E-state index is 0.210. The van der Waals surface area contributed by atoms with Crippen LogP contribution in [0.3, 0.4) is 0 Å². The largest absolute Gasteiger partial charge is 0.479 e. The molecular weight excluding hydrogens is 374 g/mol. The van der Waals surface area contributed by atoms with Gasteiger partial charge in [-0.1, -0.05) is 0 Å². The molecule has 1 unspecified atom stereocenters. The van der Waals surface area contributed by atoms with Crippen molar-refractivity contribution in [2.45, 2.75) is 19.4 Å². The molecule has 0 aliphatic carbocycles. The first kappa shape index (κ1) is 14.7. The van der Waals surface area contributed by atoms with E-state index in [-0.39, 0.29) is 5.91 Å². The van der Waals surface area contributed by atoms with E-state index in [4.69, 9.17) is 0 Å². The average Bonchev–Trinajstić information content (AvgIpc) is 3.03.